The topological polar surface area (TPSA) is 96.1 Å². The Hall–Kier alpha value is -3.32. The molecule has 0 atom stereocenters. The van der Waals surface area contributed by atoms with Crippen molar-refractivity contribution in [3.63, 3.8) is 0 Å². The fourth-order valence-electron chi connectivity index (χ4n) is 3.62. The normalized spacial score (nSPS) is 11.1. The number of nitrogens with two attached hydrogens (primary N) is 1. The highest BCUT2D eigenvalue weighted by Gasteiger charge is 2.29. The van der Waals surface area contributed by atoms with Gasteiger partial charge in [-0.2, -0.15) is 0 Å². The zero-order chi connectivity index (χ0) is 26.0. The second-order valence-corrected chi connectivity index (χ2v) is 9.39. The number of carboxylic acids is 1. The van der Waals surface area contributed by atoms with E-state index >= 15 is 0 Å². The minimum Gasteiger partial charge on any atom is -0.478 e. The van der Waals surface area contributed by atoms with Crippen LogP contribution in [0, 0.1) is 6.92 Å². The number of benzene rings is 2. The van der Waals surface area contributed by atoms with Gasteiger partial charge in [-0.1, -0.05) is 55.5 Å². The Labute approximate surface area is 209 Å². The predicted octanol–water partition coefficient (Wildman–Crippen LogP) is 5.67. The minimum absolute atomic E-state index is 0.247. The van der Waals surface area contributed by atoms with E-state index in [2.05, 4.69) is 6.58 Å². The first-order chi connectivity index (χ1) is 16.5. The number of nitrogens with zero attached hydrogens (tertiary/aromatic N) is 2. The second kappa shape index (κ2) is 13.0. The number of aryl methyl sites for hydroxylation is 2. The van der Waals surface area contributed by atoms with Crippen LogP contribution in [0.4, 0.5) is 4.79 Å². The molecule has 0 saturated heterocycles. The van der Waals surface area contributed by atoms with Crippen LogP contribution in [0.3, 0.4) is 0 Å². The molecule has 3 N–H and O–H groups in total. The van der Waals surface area contributed by atoms with E-state index in [1.807, 2.05) is 56.3 Å². The monoisotopic (exact) mass is 481 g/mol. The lowest BCUT2D eigenvalue weighted by atomic mass is 10.1. The number of aliphatic carboxylic acids is 1. The van der Waals surface area contributed by atoms with Crippen molar-refractivity contribution < 1.29 is 19.4 Å². The highest BCUT2D eigenvalue weighted by molar-refractivity contribution is 5.77. The number of carboxylic acid groups (broad SMARTS) is 1. The first kappa shape index (κ1) is 27.9. The van der Waals surface area contributed by atoms with E-state index in [4.69, 9.17) is 10.6 Å². The van der Waals surface area contributed by atoms with E-state index in [0.717, 1.165) is 48.1 Å². The van der Waals surface area contributed by atoms with E-state index in [0.29, 0.717) is 25.3 Å². The molecule has 0 radical (unpaired) electrons. The summed E-state index contributed by atoms with van der Waals surface area (Å²) in [5.74, 6) is 5.64. The zero-order valence-electron chi connectivity index (χ0n) is 21.4. The van der Waals surface area contributed by atoms with Gasteiger partial charge in [0, 0.05) is 12.2 Å². The molecule has 0 aromatic heterocycles. The first-order valence-electron chi connectivity index (χ1n) is 12.1. The highest BCUT2D eigenvalue weighted by atomic mass is 16.5. The van der Waals surface area contributed by atoms with Crippen LogP contribution in [-0.4, -0.2) is 39.2 Å². The molecule has 0 bridgehead atoms. The van der Waals surface area contributed by atoms with Crippen molar-refractivity contribution in [2.45, 2.75) is 71.9 Å². The van der Waals surface area contributed by atoms with Crippen molar-refractivity contribution in [1.29, 1.82) is 0 Å². The maximum atomic E-state index is 13.0. The van der Waals surface area contributed by atoms with Crippen molar-refractivity contribution in [3.05, 3.63) is 77.5 Å². The number of carbonyl (C=O) groups is 2. The van der Waals surface area contributed by atoms with Crippen molar-refractivity contribution in [1.82, 2.24) is 9.91 Å². The van der Waals surface area contributed by atoms with Crippen molar-refractivity contribution >= 4 is 12.0 Å². The van der Waals surface area contributed by atoms with Crippen LogP contribution >= 0.6 is 0 Å². The fraction of sp³-hybridized carbons (Fsp3) is 0.429. The van der Waals surface area contributed by atoms with Gasteiger partial charge in [-0.05, 0) is 76.1 Å². The summed E-state index contributed by atoms with van der Waals surface area (Å²) in [5.41, 5.74) is 2.68. The number of amides is 2. The minimum atomic E-state index is -1.29. The molecule has 190 valence electrons. The van der Waals surface area contributed by atoms with Crippen LogP contribution in [0.2, 0.25) is 0 Å². The molecule has 2 aromatic rings. The van der Waals surface area contributed by atoms with Gasteiger partial charge in [-0.15, -0.1) is 0 Å². The van der Waals surface area contributed by atoms with Gasteiger partial charge in [0.15, 0.2) is 5.60 Å². The molecule has 2 amide bonds. The third kappa shape index (κ3) is 8.76. The zero-order valence-corrected chi connectivity index (χ0v) is 21.4. The van der Waals surface area contributed by atoms with Gasteiger partial charge in [-0.25, -0.2) is 15.4 Å². The number of carbonyl (C=O) groups excluding carboxylic acids is 1. The Morgan fingerprint density at radius 3 is 2.40 bits per heavy atom. The Morgan fingerprint density at radius 1 is 1.09 bits per heavy atom. The molecular weight excluding hydrogens is 442 g/mol. The summed E-state index contributed by atoms with van der Waals surface area (Å²) in [6.45, 7) is 12.2. The van der Waals surface area contributed by atoms with Gasteiger partial charge < -0.3 is 9.84 Å². The molecule has 0 heterocycles. The van der Waals surface area contributed by atoms with Gasteiger partial charge >= 0.3 is 12.0 Å². The highest BCUT2D eigenvalue weighted by Crippen LogP contribution is 2.22. The molecule has 0 unspecified atom stereocenters. The summed E-state index contributed by atoms with van der Waals surface area (Å²) in [6.07, 6.45) is 4.07. The average Bonchev–Trinajstić information content (AvgIpc) is 2.81. The maximum Gasteiger partial charge on any atom is 0.347 e. The summed E-state index contributed by atoms with van der Waals surface area (Å²) in [4.78, 5) is 26.0. The second-order valence-electron chi connectivity index (χ2n) is 9.39. The third-order valence-corrected chi connectivity index (χ3v) is 5.75. The Balaban J connectivity index is 1.87. The summed E-state index contributed by atoms with van der Waals surface area (Å²) >= 11 is 0. The first-order valence-corrected chi connectivity index (χ1v) is 12.1. The number of hydrazine groups is 1. The van der Waals surface area contributed by atoms with Crippen LogP contribution in [0.25, 0.3) is 0 Å². The quantitative estimate of drug-likeness (QED) is 0.166. The van der Waals surface area contributed by atoms with Gasteiger partial charge in [-0.3, -0.25) is 9.91 Å². The number of allylic oxidation sites excluding steroid dienone is 1. The number of urea groups is 1. The van der Waals surface area contributed by atoms with E-state index in [1.165, 1.54) is 18.9 Å². The molecule has 0 aliphatic heterocycles. The summed E-state index contributed by atoms with van der Waals surface area (Å²) < 4.78 is 5.63. The molecular formula is C28H39N3O4. The van der Waals surface area contributed by atoms with Gasteiger partial charge in [0.25, 0.3) is 0 Å². The summed E-state index contributed by atoms with van der Waals surface area (Å²) in [6, 6.07) is 15.2. The SMILES string of the molecule is C=C(CCCCc1cccc(OC(C)(C)C(=O)O)c1)N(CCC)C(=O)N(N)Cc1ccc(C)cc1. The fourth-order valence-corrected chi connectivity index (χ4v) is 3.62. The molecule has 0 aliphatic rings. The molecule has 7 nitrogen and oxygen atoms in total. The number of ether oxygens (including phenoxy) is 1. The number of unbranched alkanes of at least 4 members (excludes halogenated alkanes) is 1. The number of hydrogen-bond acceptors (Lipinski definition) is 4. The van der Waals surface area contributed by atoms with Crippen LogP contribution in [0.1, 0.15) is 63.1 Å². The van der Waals surface area contributed by atoms with Crippen LogP contribution in [0.15, 0.2) is 60.8 Å². The lowest BCUT2D eigenvalue weighted by Gasteiger charge is -2.29. The lowest BCUT2D eigenvalue weighted by molar-refractivity contribution is -0.152. The molecule has 0 saturated carbocycles. The van der Waals surface area contributed by atoms with Gasteiger partial charge in [0.1, 0.15) is 5.75 Å². The van der Waals surface area contributed by atoms with Crippen molar-refractivity contribution in [2.75, 3.05) is 6.54 Å². The predicted molar refractivity (Wildman–Crippen MR) is 139 cm³/mol. The molecule has 35 heavy (non-hydrogen) atoms. The number of hydrogen-bond donors (Lipinski definition) is 2. The van der Waals surface area contributed by atoms with E-state index in [1.54, 1.807) is 11.0 Å². The van der Waals surface area contributed by atoms with Crippen LogP contribution < -0.4 is 10.6 Å². The molecule has 2 rings (SSSR count). The van der Waals surface area contributed by atoms with Gasteiger partial charge in [0.05, 0.1) is 6.54 Å². The summed E-state index contributed by atoms with van der Waals surface area (Å²) in [7, 11) is 0. The Kier molecular flexibility index (Phi) is 10.3. The number of rotatable bonds is 13. The van der Waals surface area contributed by atoms with Crippen molar-refractivity contribution in [2.24, 2.45) is 5.84 Å². The Bertz CT molecular complexity index is 1000. The molecule has 7 heteroatoms. The average molecular weight is 482 g/mol. The lowest BCUT2D eigenvalue weighted by Crippen LogP contribution is -2.46. The molecule has 0 aliphatic carbocycles. The van der Waals surface area contributed by atoms with Gasteiger partial charge in [0.2, 0.25) is 0 Å². The Morgan fingerprint density at radius 2 is 1.77 bits per heavy atom. The van der Waals surface area contributed by atoms with Crippen LogP contribution in [0.5, 0.6) is 5.75 Å². The summed E-state index contributed by atoms with van der Waals surface area (Å²) in [5, 5.41) is 10.5. The van der Waals surface area contributed by atoms with E-state index in [-0.39, 0.29) is 6.03 Å². The molecule has 0 fully saturated rings. The van der Waals surface area contributed by atoms with Crippen LogP contribution in [-0.2, 0) is 17.8 Å². The van der Waals surface area contributed by atoms with E-state index in [9.17, 15) is 14.7 Å². The largest absolute Gasteiger partial charge is 0.478 e. The maximum absolute atomic E-state index is 13.0. The van der Waals surface area contributed by atoms with Crippen molar-refractivity contribution in [3.8, 4) is 5.75 Å². The molecule has 2 aromatic carbocycles. The van der Waals surface area contributed by atoms with E-state index < -0.39 is 11.6 Å². The smallest absolute Gasteiger partial charge is 0.347 e. The standard InChI is InChI=1S/C28H39N3O4/c1-6-18-30(27(34)31(29)20-24-16-14-21(2)15-17-24)22(3)10-7-8-11-23-12-9-13-25(19-23)35-28(4,5)26(32)33/h9,12-17,19H,3,6-8,10-11,18,20,29H2,1-2,4-5H3,(H,32,33). The third-order valence-electron chi connectivity index (χ3n) is 5.75. The molecule has 0 spiro atoms.